The number of benzene rings is 2. The summed E-state index contributed by atoms with van der Waals surface area (Å²) in [6.07, 6.45) is 2.55. The molecule has 1 saturated carbocycles. The third-order valence-corrected chi connectivity index (χ3v) is 5.97. The third kappa shape index (κ3) is 3.21. The van der Waals surface area contributed by atoms with Crippen molar-refractivity contribution in [2.75, 3.05) is 10.2 Å². The summed E-state index contributed by atoms with van der Waals surface area (Å²) < 4.78 is 0. The highest BCUT2D eigenvalue weighted by atomic mass is 16.2. The van der Waals surface area contributed by atoms with E-state index in [1.165, 1.54) is 4.90 Å². The molecule has 1 N–H and O–H groups in total. The van der Waals surface area contributed by atoms with Crippen LogP contribution < -0.4 is 10.2 Å². The standard InChI is InChI=1S/C23H24N2O3/c1-14-7-12-18-19(13-14)23(28)25(22(18)27)17-10-8-16(9-11-17)21(26)24-20-6-4-3-5-15(20)2/h3-6,8-11,14,18-19H,7,12-13H2,1-2H3,(H,24,26)/t14-,18-,19+/m1/s1. The fourth-order valence-electron chi connectivity index (χ4n) is 4.31. The number of aryl methyl sites for hydroxylation is 1. The number of fused-ring (bicyclic) bond motifs is 1. The summed E-state index contributed by atoms with van der Waals surface area (Å²) in [5, 5.41) is 2.89. The van der Waals surface area contributed by atoms with Gasteiger partial charge in [0, 0.05) is 11.3 Å². The molecule has 144 valence electrons. The summed E-state index contributed by atoms with van der Waals surface area (Å²) in [6, 6.07) is 14.3. The second-order valence-corrected chi connectivity index (χ2v) is 7.96. The first kappa shape index (κ1) is 18.4. The number of anilines is 2. The van der Waals surface area contributed by atoms with Gasteiger partial charge in [0.1, 0.15) is 0 Å². The van der Waals surface area contributed by atoms with Gasteiger partial charge in [-0.1, -0.05) is 25.1 Å². The smallest absolute Gasteiger partial charge is 0.255 e. The summed E-state index contributed by atoms with van der Waals surface area (Å²) in [6.45, 7) is 4.07. The van der Waals surface area contributed by atoms with Crippen LogP contribution in [0.5, 0.6) is 0 Å². The van der Waals surface area contributed by atoms with Gasteiger partial charge in [-0.3, -0.25) is 19.3 Å². The van der Waals surface area contributed by atoms with Crippen LogP contribution in [0.4, 0.5) is 11.4 Å². The minimum Gasteiger partial charge on any atom is -0.322 e. The Labute approximate surface area is 164 Å². The maximum Gasteiger partial charge on any atom is 0.255 e. The number of para-hydroxylation sites is 1. The number of carbonyl (C=O) groups excluding carboxylic acids is 3. The first-order chi connectivity index (χ1) is 13.5. The SMILES string of the molecule is Cc1ccccc1NC(=O)c1ccc(N2C(=O)[C@H]3C[C@H](C)CC[C@H]3C2=O)cc1. The van der Waals surface area contributed by atoms with Crippen LogP contribution in [0, 0.1) is 24.7 Å². The molecule has 2 aliphatic rings. The number of carbonyl (C=O) groups is 3. The summed E-state index contributed by atoms with van der Waals surface area (Å²) in [5.74, 6) is -0.321. The molecule has 2 fully saturated rings. The van der Waals surface area contributed by atoms with E-state index in [2.05, 4.69) is 12.2 Å². The van der Waals surface area contributed by atoms with Crippen molar-refractivity contribution in [1.82, 2.24) is 0 Å². The maximum atomic E-state index is 12.8. The van der Waals surface area contributed by atoms with Gasteiger partial charge in [-0.05, 0) is 68.0 Å². The van der Waals surface area contributed by atoms with Gasteiger partial charge < -0.3 is 5.32 Å². The van der Waals surface area contributed by atoms with Crippen molar-refractivity contribution in [3.8, 4) is 0 Å². The van der Waals surface area contributed by atoms with E-state index >= 15 is 0 Å². The highest BCUT2D eigenvalue weighted by Crippen LogP contribution is 2.42. The number of rotatable bonds is 3. The zero-order valence-electron chi connectivity index (χ0n) is 16.1. The second-order valence-electron chi connectivity index (χ2n) is 7.96. The van der Waals surface area contributed by atoms with E-state index in [1.54, 1.807) is 24.3 Å². The van der Waals surface area contributed by atoms with Crippen LogP contribution in [-0.4, -0.2) is 17.7 Å². The Balaban J connectivity index is 1.52. The third-order valence-electron chi connectivity index (χ3n) is 5.97. The van der Waals surface area contributed by atoms with Gasteiger partial charge in [-0.15, -0.1) is 0 Å². The highest BCUT2D eigenvalue weighted by molar-refractivity contribution is 6.22. The molecule has 1 aliphatic carbocycles. The molecule has 1 heterocycles. The van der Waals surface area contributed by atoms with Crippen LogP contribution >= 0.6 is 0 Å². The van der Waals surface area contributed by atoms with Gasteiger partial charge in [0.05, 0.1) is 17.5 Å². The molecule has 1 aliphatic heterocycles. The van der Waals surface area contributed by atoms with Gasteiger partial charge >= 0.3 is 0 Å². The highest BCUT2D eigenvalue weighted by Gasteiger charge is 2.49. The average Bonchev–Trinajstić information content (AvgIpc) is 2.93. The molecule has 3 atom stereocenters. The number of amides is 3. The Hall–Kier alpha value is -2.95. The van der Waals surface area contributed by atoms with E-state index in [9.17, 15) is 14.4 Å². The summed E-state index contributed by atoms with van der Waals surface area (Å²) in [5.41, 5.74) is 2.78. The van der Waals surface area contributed by atoms with E-state index < -0.39 is 0 Å². The molecule has 0 radical (unpaired) electrons. The van der Waals surface area contributed by atoms with Crippen molar-refractivity contribution in [1.29, 1.82) is 0 Å². The monoisotopic (exact) mass is 376 g/mol. The topological polar surface area (TPSA) is 66.5 Å². The van der Waals surface area contributed by atoms with Crippen LogP contribution in [0.2, 0.25) is 0 Å². The number of hydrogen-bond acceptors (Lipinski definition) is 3. The lowest BCUT2D eigenvalue weighted by Crippen LogP contribution is -2.30. The fourth-order valence-corrected chi connectivity index (χ4v) is 4.31. The number of imide groups is 1. The van der Waals surface area contributed by atoms with E-state index in [1.807, 2.05) is 31.2 Å². The second kappa shape index (κ2) is 7.23. The van der Waals surface area contributed by atoms with Crippen molar-refractivity contribution in [2.24, 2.45) is 17.8 Å². The van der Waals surface area contributed by atoms with Gasteiger partial charge in [0.2, 0.25) is 11.8 Å². The van der Waals surface area contributed by atoms with Crippen molar-refractivity contribution in [2.45, 2.75) is 33.1 Å². The molecule has 0 spiro atoms. The van der Waals surface area contributed by atoms with Crippen molar-refractivity contribution in [3.05, 3.63) is 59.7 Å². The van der Waals surface area contributed by atoms with E-state index in [0.717, 1.165) is 30.5 Å². The Kier molecular flexibility index (Phi) is 4.75. The van der Waals surface area contributed by atoms with Crippen LogP contribution in [-0.2, 0) is 9.59 Å². The molecule has 5 heteroatoms. The molecule has 0 aromatic heterocycles. The van der Waals surface area contributed by atoms with E-state index in [-0.39, 0.29) is 29.6 Å². The van der Waals surface area contributed by atoms with Crippen LogP contribution in [0.1, 0.15) is 42.1 Å². The van der Waals surface area contributed by atoms with Crippen molar-refractivity contribution >= 4 is 29.1 Å². The van der Waals surface area contributed by atoms with Gasteiger partial charge in [-0.25, -0.2) is 0 Å². The average molecular weight is 376 g/mol. The van der Waals surface area contributed by atoms with Crippen LogP contribution in [0.3, 0.4) is 0 Å². The van der Waals surface area contributed by atoms with Gasteiger partial charge in [0.25, 0.3) is 5.91 Å². The molecule has 28 heavy (non-hydrogen) atoms. The molecule has 1 saturated heterocycles. The van der Waals surface area contributed by atoms with Gasteiger partial charge in [0.15, 0.2) is 0 Å². The lowest BCUT2D eigenvalue weighted by molar-refractivity contribution is -0.122. The Bertz CT molecular complexity index is 935. The number of nitrogens with zero attached hydrogens (tertiary/aromatic N) is 1. The Morgan fingerprint density at radius 3 is 2.36 bits per heavy atom. The van der Waals surface area contributed by atoms with E-state index in [0.29, 0.717) is 17.2 Å². The Morgan fingerprint density at radius 1 is 0.964 bits per heavy atom. The summed E-state index contributed by atoms with van der Waals surface area (Å²) in [7, 11) is 0. The molecule has 3 amide bonds. The molecule has 2 aromatic rings. The van der Waals surface area contributed by atoms with Gasteiger partial charge in [-0.2, -0.15) is 0 Å². The summed E-state index contributed by atoms with van der Waals surface area (Å²) >= 11 is 0. The zero-order chi connectivity index (χ0) is 19.8. The number of nitrogens with one attached hydrogen (secondary N) is 1. The molecular weight excluding hydrogens is 352 g/mol. The minimum absolute atomic E-state index is 0.0981. The fraction of sp³-hybridized carbons (Fsp3) is 0.348. The predicted octanol–water partition coefficient (Wildman–Crippen LogP) is 4.17. The van der Waals surface area contributed by atoms with Crippen LogP contribution in [0.25, 0.3) is 0 Å². The predicted molar refractivity (Wildman–Crippen MR) is 108 cm³/mol. The molecule has 4 rings (SSSR count). The molecule has 0 unspecified atom stereocenters. The van der Waals surface area contributed by atoms with E-state index in [4.69, 9.17) is 0 Å². The first-order valence-electron chi connectivity index (χ1n) is 9.80. The van der Waals surface area contributed by atoms with Crippen molar-refractivity contribution in [3.63, 3.8) is 0 Å². The molecular formula is C23H24N2O3. The largest absolute Gasteiger partial charge is 0.322 e. The normalized spacial score (nSPS) is 24.2. The lowest BCUT2D eigenvalue weighted by Gasteiger charge is -2.25. The molecule has 0 bridgehead atoms. The Morgan fingerprint density at radius 2 is 1.64 bits per heavy atom. The van der Waals surface area contributed by atoms with Crippen LogP contribution in [0.15, 0.2) is 48.5 Å². The molecule has 2 aromatic carbocycles. The lowest BCUT2D eigenvalue weighted by atomic mass is 9.76. The van der Waals surface area contributed by atoms with Crippen molar-refractivity contribution < 1.29 is 14.4 Å². The summed E-state index contributed by atoms with van der Waals surface area (Å²) in [4.78, 5) is 39.4. The zero-order valence-corrected chi connectivity index (χ0v) is 16.1. The molecule has 5 nitrogen and oxygen atoms in total. The minimum atomic E-state index is -0.220. The quantitative estimate of drug-likeness (QED) is 0.818. The maximum absolute atomic E-state index is 12.8. The number of hydrogen-bond donors (Lipinski definition) is 1. The first-order valence-corrected chi connectivity index (χ1v) is 9.80.